The number of carbonyl (C=O) groups is 1. The normalized spacial score (nSPS) is 10.1. The van der Waals surface area contributed by atoms with Gasteiger partial charge in [0.05, 0.1) is 10.6 Å². The van der Waals surface area contributed by atoms with Gasteiger partial charge in [0.2, 0.25) is 0 Å². The third-order valence-corrected chi connectivity index (χ3v) is 2.96. The molecule has 5 nitrogen and oxygen atoms in total. The minimum Gasteiger partial charge on any atom is -0.372 e. The fourth-order valence-electron chi connectivity index (χ4n) is 1.44. The molecule has 0 aliphatic heterocycles. The van der Waals surface area contributed by atoms with Gasteiger partial charge in [0.1, 0.15) is 11.6 Å². The third-order valence-electron chi connectivity index (χ3n) is 2.30. The van der Waals surface area contributed by atoms with E-state index in [1.807, 2.05) is 0 Å². The van der Waals surface area contributed by atoms with Crippen molar-refractivity contribution in [3.63, 3.8) is 0 Å². The Kier molecular flexibility index (Phi) is 4.34. The molecule has 2 N–H and O–H groups in total. The highest BCUT2D eigenvalue weighted by atomic mass is 79.9. The van der Waals surface area contributed by atoms with Crippen LogP contribution in [0.1, 0.15) is 10.4 Å². The minimum absolute atomic E-state index is 0.298. The van der Waals surface area contributed by atoms with Crippen LogP contribution in [0.2, 0.25) is 5.02 Å². The maximum atomic E-state index is 12.1. The lowest BCUT2D eigenvalue weighted by atomic mass is 10.2. The Morgan fingerprint density at radius 2 is 2.11 bits per heavy atom. The molecule has 2 aromatic heterocycles. The van der Waals surface area contributed by atoms with Crippen LogP contribution in [-0.4, -0.2) is 22.9 Å². The molecule has 0 saturated heterocycles. The lowest BCUT2D eigenvalue weighted by Crippen LogP contribution is -2.15. The van der Waals surface area contributed by atoms with Gasteiger partial charge in [-0.1, -0.05) is 11.6 Å². The molecule has 0 aliphatic rings. The van der Waals surface area contributed by atoms with E-state index in [1.165, 1.54) is 6.20 Å². The fourth-order valence-corrected chi connectivity index (χ4v) is 1.89. The Bertz CT molecular complexity index is 603. The van der Waals surface area contributed by atoms with Crippen molar-refractivity contribution in [3.05, 3.63) is 45.7 Å². The Labute approximate surface area is 123 Å². The lowest BCUT2D eigenvalue weighted by Gasteiger charge is -2.09. The van der Waals surface area contributed by atoms with Gasteiger partial charge < -0.3 is 10.6 Å². The molecule has 7 heteroatoms. The van der Waals surface area contributed by atoms with Crippen molar-refractivity contribution in [1.29, 1.82) is 0 Å². The number of nitrogens with zero attached hydrogens (tertiary/aromatic N) is 2. The van der Waals surface area contributed by atoms with Crippen molar-refractivity contribution in [2.24, 2.45) is 0 Å². The molecule has 1 amide bonds. The highest BCUT2D eigenvalue weighted by Crippen LogP contribution is 2.19. The van der Waals surface area contributed by atoms with Gasteiger partial charge in [-0.05, 0) is 34.1 Å². The number of rotatable bonds is 3. The van der Waals surface area contributed by atoms with Crippen LogP contribution in [0, 0.1) is 0 Å². The summed E-state index contributed by atoms with van der Waals surface area (Å²) in [6.07, 6.45) is 3.08. The van der Waals surface area contributed by atoms with Crippen LogP contribution >= 0.6 is 27.5 Å². The number of nitrogens with one attached hydrogen (secondary N) is 2. The van der Waals surface area contributed by atoms with E-state index in [9.17, 15) is 4.79 Å². The number of hydrogen-bond donors (Lipinski definition) is 2. The summed E-state index contributed by atoms with van der Waals surface area (Å²) in [4.78, 5) is 20.3. The number of aromatic nitrogens is 2. The quantitative estimate of drug-likeness (QED) is 0.900. The molecule has 2 rings (SSSR count). The summed E-state index contributed by atoms with van der Waals surface area (Å²) in [5, 5.41) is 6.05. The Balaban J connectivity index is 2.24. The maximum Gasteiger partial charge on any atom is 0.260 e. The molecule has 0 aromatic carbocycles. The summed E-state index contributed by atoms with van der Waals surface area (Å²) >= 11 is 9.02. The van der Waals surface area contributed by atoms with Crippen molar-refractivity contribution in [2.75, 3.05) is 17.7 Å². The zero-order chi connectivity index (χ0) is 13.8. The summed E-state index contributed by atoms with van der Waals surface area (Å²) in [6.45, 7) is 0. The molecule has 0 atom stereocenters. The second kappa shape index (κ2) is 5.99. The Morgan fingerprint density at radius 1 is 1.32 bits per heavy atom. The molecule has 2 heterocycles. The SMILES string of the molecule is CNc1ncc(Br)cc1C(=O)Nc1ccc(Cl)cn1. The smallest absolute Gasteiger partial charge is 0.260 e. The average molecular weight is 342 g/mol. The van der Waals surface area contributed by atoms with E-state index in [-0.39, 0.29) is 5.91 Å². The van der Waals surface area contributed by atoms with E-state index >= 15 is 0 Å². The highest BCUT2D eigenvalue weighted by molar-refractivity contribution is 9.10. The predicted molar refractivity (Wildman–Crippen MR) is 78.7 cm³/mol. The van der Waals surface area contributed by atoms with E-state index < -0.39 is 0 Å². The molecular weight excluding hydrogens is 332 g/mol. The van der Waals surface area contributed by atoms with Gasteiger partial charge in [0.25, 0.3) is 5.91 Å². The molecule has 0 aliphatic carbocycles. The van der Waals surface area contributed by atoms with E-state index in [4.69, 9.17) is 11.6 Å². The monoisotopic (exact) mass is 340 g/mol. The summed E-state index contributed by atoms with van der Waals surface area (Å²) < 4.78 is 0.723. The van der Waals surface area contributed by atoms with E-state index in [1.54, 1.807) is 31.4 Å². The van der Waals surface area contributed by atoms with Crippen molar-refractivity contribution in [1.82, 2.24) is 9.97 Å². The zero-order valence-electron chi connectivity index (χ0n) is 9.95. The molecule has 0 spiro atoms. The lowest BCUT2D eigenvalue weighted by molar-refractivity contribution is 0.102. The number of hydrogen-bond acceptors (Lipinski definition) is 4. The summed E-state index contributed by atoms with van der Waals surface area (Å²) in [5.41, 5.74) is 0.425. The van der Waals surface area contributed by atoms with Crippen LogP contribution in [0.4, 0.5) is 11.6 Å². The zero-order valence-corrected chi connectivity index (χ0v) is 12.3. The largest absolute Gasteiger partial charge is 0.372 e. The first-order valence-corrected chi connectivity index (χ1v) is 6.53. The number of halogens is 2. The second-order valence-electron chi connectivity index (χ2n) is 3.62. The van der Waals surface area contributed by atoms with Crippen LogP contribution in [0.25, 0.3) is 0 Å². The molecule has 2 aromatic rings. The first-order valence-electron chi connectivity index (χ1n) is 5.36. The van der Waals surface area contributed by atoms with Gasteiger partial charge in [-0.25, -0.2) is 9.97 Å². The topological polar surface area (TPSA) is 66.9 Å². The van der Waals surface area contributed by atoms with Crippen LogP contribution in [-0.2, 0) is 0 Å². The number of carbonyl (C=O) groups excluding carboxylic acids is 1. The van der Waals surface area contributed by atoms with Gasteiger partial charge in [-0.3, -0.25) is 4.79 Å². The third kappa shape index (κ3) is 3.42. The van der Waals surface area contributed by atoms with Gasteiger partial charge in [-0.2, -0.15) is 0 Å². The fraction of sp³-hybridized carbons (Fsp3) is 0.0833. The standard InChI is InChI=1S/C12H10BrClN4O/c1-15-11-9(4-7(13)5-17-11)12(19)18-10-3-2-8(14)6-16-10/h2-6H,1H3,(H,15,17)(H,16,18,19). The molecule has 0 unspecified atom stereocenters. The van der Waals surface area contributed by atoms with Gasteiger partial charge in [0.15, 0.2) is 0 Å². The van der Waals surface area contributed by atoms with Crippen LogP contribution in [0.15, 0.2) is 35.1 Å². The highest BCUT2D eigenvalue weighted by Gasteiger charge is 2.13. The molecule has 0 saturated carbocycles. The number of pyridine rings is 2. The van der Waals surface area contributed by atoms with Crippen LogP contribution in [0.3, 0.4) is 0 Å². The second-order valence-corrected chi connectivity index (χ2v) is 4.97. The Hall–Kier alpha value is -1.66. The van der Waals surface area contributed by atoms with E-state index in [0.717, 1.165) is 4.47 Å². The predicted octanol–water partition coefficient (Wildman–Crippen LogP) is 3.19. The summed E-state index contributed by atoms with van der Waals surface area (Å²) in [7, 11) is 1.70. The van der Waals surface area contributed by atoms with Gasteiger partial charge >= 0.3 is 0 Å². The van der Waals surface area contributed by atoms with Crippen molar-refractivity contribution >= 4 is 45.1 Å². The number of anilines is 2. The van der Waals surface area contributed by atoms with Gasteiger partial charge in [0, 0.05) is 23.9 Å². The Morgan fingerprint density at radius 3 is 2.74 bits per heavy atom. The molecule has 19 heavy (non-hydrogen) atoms. The molecule has 0 radical (unpaired) electrons. The summed E-state index contributed by atoms with van der Waals surface area (Å²) in [6, 6.07) is 4.97. The maximum absolute atomic E-state index is 12.1. The number of amides is 1. The van der Waals surface area contributed by atoms with E-state index in [2.05, 4.69) is 36.5 Å². The van der Waals surface area contributed by atoms with Crippen molar-refractivity contribution in [2.45, 2.75) is 0 Å². The van der Waals surface area contributed by atoms with Crippen LogP contribution in [0.5, 0.6) is 0 Å². The first-order chi connectivity index (χ1) is 9.10. The molecule has 98 valence electrons. The van der Waals surface area contributed by atoms with E-state index in [0.29, 0.717) is 22.2 Å². The summed E-state index contributed by atoms with van der Waals surface area (Å²) in [5.74, 6) is 0.624. The van der Waals surface area contributed by atoms with Gasteiger partial charge in [-0.15, -0.1) is 0 Å². The van der Waals surface area contributed by atoms with Crippen LogP contribution < -0.4 is 10.6 Å². The molecule has 0 fully saturated rings. The molecular formula is C12H10BrClN4O. The van der Waals surface area contributed by atoms with Crippen molar-refractivity contribution in [3.8, 4) is 0 Å². The molecule has 0 bridgehead atoms. The first kappa shape index (κ1) is 13.8. The minimum atomic E-state index is -0.298. The average Bonchev–Trinajstić information content (AvgIpc) is 2.41. The van der Waals surface area contributed by atoms with Crippen molar-refractivity contribution < 1.29 is 4.79 Å².